The van der Waals surface area contributed by atoms with Crippen molar-refractivity contribution >= 4 is 18.0 Å². The Bertz CT molecular complexity index is 1140. The molecular formula is C37H62N2O10. The summed E-state index contributed by atoms with van der Waals surface area (Å²) in [6.45, 7) is 15.2. The van der Waals surface area contributed by atoms with E-state index in [2.05, 4.69) is 24.5 Å². The average molecular weight is 695 g/mol. The standard InChI is InChI=1S/C37H62N2O10/c1-23(2)28(19-27-11-12-33(45-9)34(20-27)47-16-10-15-44-8)21-31(39-37(43)49-26(7)48-36(42)25(5)6)32(40)22-30(24(3)4)35(41)38-29-13-17-46-18-14-29/h11-12,20,23-26,28-32,40H,10,13-19,21-22H2,1-9H3,(H,38,41)(H,39,43)/t26?,28?,30?,31-,32?/m0/s1. The fourth-order valence-corrected chi connectivity index (χ4v) is 5.79. The number of carbonyl (C=O) groups excluding carboxylic acids is 3. The Kier molecular flexibility index (Phi) is 18.8. The van der Waals surface area contributed by atoms with Crippen LogP contribution in [0.4, 0.5) is 4.79 Å². The highest BCUT2D eigenvalue weighted by Gasteiger charge is 2.34. The molecule has 1 heterocycles. The van der Waals surface area contributed by atoms with E-state index in [0.29, 0.717) is 50.8 Å². The van der Waals surface area contributed by atoms with Crippen molar-refractivity contribution in [3.05, 3.63) is 23.8 Å². The fourth-order valence-electron chi connectivity index (χ4n) is 5.79. The average Bonchev–Trinajstić information content (AvgIpc) is 3.04. The van der Waals surface area contributed by atoms with E-state index in [9.17, 15) is 19.5 Å². The maximum atomic E-state index is 13.5. The summed E-state index contributed by atoms with van der Waals surface area (Å²) in [7, 11) is 3.25. The quantitative estimate of drug-likeness (QED) is 0.0882. The second-order valence-electron chi connectivity index (χ2n) is 14.0. The molecule has 0 saturated carbocycles. The molecule has 0 aromatic heterocycles. The van der Waals surface area contributed by atoms with Crippen LogP contribution in [0.15, 0.2) is 18.2 Å². The van der Waals surface area contributed by atoms with E-state index in [4.69, 9.17) is 28.4 Å². The molecule has 1 saturated heterocycles. The van der Waals surface area contributed by atoms with Crippen molar-refractivity contribution in [2.45, 2.75) is 111 Å². The molecule has 1 fully saturated rings. The lowest BCUT2D eigenvalue weighted by Crippen LogP contribution is -2.49. The molecule has 1 aromatic rings. The smallest absolute Gasteiger partial charge is 0.410 e. The molecule has 280 valence electrons. The Labute approximate surface area is 293 Å². The van der Waals surface area contributed by atoms with E-state index in [1.54, 1.807) is 28.1 Å². The van der Waals surface area contributed by atoms with Crippen molar-refractivity contribution in [3.63, 3.8) is 0 Å². The van der Waals surface area contributed by atoms with Crippen molar-refractivity contribution in [3.8, 4) is 11.5 Å². The lowest BCUT2D eigenvalue weighted by atomic mass is 9.80. The van der Waals surface area contributed by atoms with Crippen molar-refractivity contribution < 1.29 is 47.9 Å². The van der Waals surface area contributed by atoms with Crippen LogP contribution in [0.25, 0.3) is 0 Å². The highest BCUT2D eigenvalue weighted by molar-refractivity contribution is 5.79. The molecule has 1 aliphatic rings. The van der Waals surface area contributed by atoms with E-state index in [0.717, 1.165) is 24.8 Å². The summed E-state index contributed by atoms with van der Waals surface area (Å²) < 4.78 is 32.7. The third kappa shape index (κ3) is 15.1. The van der Waals surface area contributed by atoms with Crippen molar-refractivity contribution in [2.75, 3.05) is 40.6 Å². The van der Waals surface area contributed by atoms with Crippen molar-refractivity contribution in [2.24, 2.45) is 29.6 Å². The van der Waals surface area contributed by atoms with E-state index in [1.165, 1.54) is 6.92 Å². The van der Waals surface area contributed by atoms with Crippen LogP contribution in [0.3, 0.4) is 0 Å². The monoisotopic (exact) mass is 694 g/mol. The number of alkyl carbamates (subject to hydrolysis) is 1. The Morgan fingerprint density at radius 2 is 1.61 bits per heavy atom. The summed E-state index contributed by atoms with van der Waals surface area (Å²) in [5.41, 5.74) is 1.02. The van der Waals surface area contributed by atoms with Crippen LogP contribution in [-0.4, -0.2) is 88.2 Å². The van der Waals surface area contributed by atoms with Gasteiger partial charge in [0.25, 0.3) is 0 Å². The van der Waals surface area contributed by atoms with Gasteiger partial charge in [-0.1, -0.05) is 47.6 Å². The van der Waals surface area contributed by atoms with Crippen LogP contribution in [0.1, 0.15) is 86.1 Å². The summed E-state index contributed by atoms with van der Waals surface area (Å²) in [4.78, 5) is 38.7. The molecule has 12 nitrogen and oxygen atoms in total. The fraction of sp³-hybridized carbons (Fsp3) is 0.757. The molecule has 4 unspecified atom stereocenters. The van der Waals surface area contributed by atoms with E-state index in [1.807, 2.05) is 32.0 Å². The first kappa shape index (κ1) is 42.1. The number of ether oxygens (including phenoxy) is 6. The third-order valence-corrected chi connectivity index (χ3v) is 8.97. The van der Waals surface area contributed by atoms with Crippen LogP contribution in [0.2, 0.25) is 0 Å². The SMILES string of the molecule is COCCCOc1cc(CC(C[C@H](NC(=O)OC(C)OC(=O)C(C)C)C(O)CC(C(=O)NC2CCOCC2)C(C)C)C(C)C)ccc1OC. The molecule has 0 bridgehead atoms. The zero-order valence-electron chi connectivity index (χ0n) is 31.1. The summed E-state index contributed by atoms with van der Waals surface area (Å²) >= 11 is 0. The summed E-state index contributed by atoms with van der Waals surface area (Å²) in [6.07, 6.45) is 0.398. The zero-order chi connectivity index (χ0) is 36.5. The summed E-state index contributed by atoms with van der Waals surface area (Å²) in [5.74, 6) is -0.0836. The minimum absolute atomic E-state index is 0.0134. The van der Waals surface area contributed by atoms with Gasteiger partial charge in [-0.3, -0.25) is 9.59 Å². The maximum absolute atomic E-state index is 13.5. The van der Waals surface area contributed by atoms with Gasteiger partial charge in [0.15, 0.2) is 11.5 Å². The first-order chi connectivity index (χ1) is 23.2. The van der Waals surface area contributed by atoms with Crippen LogP contribution >= 0.6 is 0 Å². The number of rotatable bonds is 21. The van der Waals surface area contributed by atoms with Crippen LogP contribution < -0.4 is 20.1 Å². The number of benzene rings is 1. The molecule has 1 aliphatic heterocycles. The Balaban J connectivity index is 2.28. The first-order valence-electron chi connectivity index (χ1n) is 17.8. The number of nitrogens with one attached hydrogen (secondary N) is 2. The van der Waals surface area contributed by atoms with Gasteiger partial charge in [0.05, 0.1) is 31.8 Å². The highest BCUT2D eigenvalue weighted by atomic mass is 16.7. The summed E-state index contributed by atoms with van der Waals surface area (Å²) in [5, 5.41) is 17.7. The lowest BCUT2D eigenvalue weighted by molar-refractivity contribution is -0.168. The highest BCUT2D eigenvalue weighted by Crippen LogP contribution is 2.32. The molecule has 2 rings (SSSR count). The van der Waals surface area contributed by atoms with Crippen LogP contribution in [0.5, 0.6) is 11.5 Å². The molecule has 0 aliphatic carbocycles. The number of carbonyl (C=O) groups is 3. The van der Waals surface area contributed by atoms with E-state index in [-0.39, 0.29) is 42.0 Å². The maximum Gasteiger partial charge on any atom is 0.410 e. The van der Waals surface area contributed by atoms with Gasteiger partial charge in [-0.15, -0.1) is 0 Å². The second kappa shape index (κ2) is 21.9. The Morgan fingerprint density at radius 3 is 2.20 bits per heavy atom. The minimum Gasteiger partial charge on any atom is -0.493 e. The number of aliphatic hydroxyl groups excluding tert-OH is 1. The van der Waals surface area contributed by atoms with Crippen LogP contribution in [-0.2, 0) is 35.0 Å². The number of amides is 2. The number of methoxy groups -OCH3 is 2. The van der Waals surface area contributed by atoms with Gasteiger partial charge in [0.1, 0.15) is 0 Å². The lowest BCUT2D eigenvalue weighted by Gasteiger charge is -2.33. The number of hydrogen-bond acceptors (Lipinski definition) is 10. The van der Waals surface area contributed by atoms with Gasteiger partial charge in [0, 0.05) is 52.2 Å². The van der Waals surface area contributed by atoms with E-state index >= 15 is 0 Å². The number of hydrogen-bond donors (Lipinski definition) is 3. The molecular weight excluding hydrogens is 632 g/mol. The third-order valence-electron chi connectivity index (χ3n) is 8.97. The van der Waals surface area contributed by atoms with Crippen LogP contribution in [0, 0.1) is 29.6 Å². The minimum atomic E-state index is -1.12. The predicted molar refractivity (Wildman–Crippen MR) is 186 cm³/mol. The molecule has 1 aromatic carbocycles. The van der Waals surface area contributed by atoms with Gasteiger partial charge in [-0.05, 0) is 67.6 Å². The van der Waals surface area contributed by atoms with Gasteiger partial charge >= 0.3 is 12.1 Å². The Morgan fingerprint density at radius 1 is 0.918 bits per heavy atom. The molecule has 0 radical (unpaired) electrons. The molecule has 3 N–H and O–H groups in total. The number of esters is 1. The Hall–Kier alpha value is -3.09. The molecule has 49 heavy (non-hydrogen) atoms. The predicted octanol–water partition coefficient (Wildman–Crippen LogP) is 5.27. The molecule has 2 amide bonds. The zero-order valence-corrected chi connectivity index (χ0v) is 31.1. The van der Waals surface area contributed by atoms with Gasteiger partial charge < -0.3 is 44.2 Å². The second-order valence-corrected chi connectivity index (χ2v) is 14.0. The molecule has 5 atom stereocenters. The van der Waals surface area contributed by atoms with Gasteiger partial charge in [-0.2, -0.15) is 0 Å². The van der Waals surface area contributed by atoms with Crippen molar-refractivity contribution in [1.82, 2.24) is 10.6 Å². The van der Waals surface area contributed by atoms with Gasteiger partial charge in [-0.25, -0.2) is 4.79 Å². The van der Waals surface area contributed by atoms with Crippen molar-refractivity contribution in [1.29, 1.82) is 0 Å². The topological polar surface area (TPSA) is 151 Å². The first-order valence-corrected chi connectivity index (χ1v) is 17.8. The molecule has 0 spiro atoms. The normalized spacial score (nSPS) is 16.8. The van der Waals surface area contributed by atoms with E-state index < -0.39 is 36.4 Å². The van der Waals surface area contributed by atoms with Gasteiger partial charge in [0.2, 0.25) is 12.2 Å². The summed E-state index contributed by atoms with van der Waals surface area (Å²) in [6, 6.07) is 5.11. The largest absolute Gasteiger partial charge is 0.493 e. The molecule has 12 heteroatoms. The number of aliphatic hydroxyl groups is 1.